The van der Waals surface area contributed by atoms with Crippen LogP contribution in [-0.4, -0.2) is 99.5 Å². The van der Waals surface area contributed by atoms with Crippen LogP contribution in [0, 0.1) is 5.92 Å². The van der Waals surface area contributed by atoms with Gasteiger partial charge in [-0.25, -0.2) is 0 Å². The molecule has 3 N–H and O–H groups in total. The molecule has 11 heteroatoms. The Balaban J connectivity index is 1.42. The molecule has 3 atom stereocenters. The molecule has 2 aromatic carbocycles. The average Bonchev–Trinajstić information content (AvgIpc) is 3.24. The number of imide groups is 1. The van der Waals surface area contributed by atoms with Gasteiger partial charge in [-0.3, -0.25) is 0 Å². The third-order valence-electron chi connectivity index (χ3n) is 8.54. The van der Waals surface area contributed by atoms with Gasteiger partial charge < -0.3 is 0 Å². The van der Waals surface area contributed by atoms with Crippen molar-refractivity contribution in [3.8, 4) is 0 Å². The van der Waals surface area contributed by atoms with Gasteiger partial charge in [0, 0.05) is 0 Å². The molecule has 0 spiro atoms. The molecule has 243 valence electrons. The zero-order chi connectivity index (χ0) is 32.5. The van der Waals surface area contributed by atoms with Crippen LogP contribution in [-0.2, 0) is 14.4 Å². The van der Waals surface area contributed by atoms with E-state index in [0.717, 1.165) is 60.9 Å². The van der Waals surface area contributed by atoms with Crippen LogP contribution < -0.4 is 10.6 Å². The Morgan fingerprint density at radius 2 is 1.58 bits per heavy atom. The Morgan fingerprint density at radius 1 is 0.956 bits per heavy atom. The van der Waals surface area contributed by atoms with Crippen molar-refractivity contribution in [1.82, 2.24) is 20.4 Å². The Morgan fingerprint density at radius 3 is 2.18 bits per heavy atom. The molecule has 4 amide bonds. The third kappa shape index (κ3) is 9.39. The van der Waals surface area contributed by atoms with Crippen molar-refractivity contribution in [2.24, 2.45) is 5.92 Å². The molecule has 10 nitrogen and oxygen atoms in total. The number of amides is 4. The maximum atomic E-state index is 13.7. The topological polar surface area (TPSA) is 136 Å². The number of carbonyl (C=O) groups is 5. The fraction of sp³-hybridized carbons (Fsp3) is 0.559. The van der Waals surface area contributed by atoms with Crippen LogP contribution in [0.5, 0.6) is 0 Å². The number of hydrogen-bond donors (Lipinski definition) is 3. The van der Waals surface area contributed by atoms with E-state index >= 15 is 0 Å². The number of carbonyl (C=O) groups excluding carboxylic acids is 4. The van der Waals surface area contributed by atoms with E-state index in [9.17, 15) is 29.1 Å². The van der Waals surface area contributed by atoms with Gasteiger partial charge >= 0.3 is 273 Å². The van der Waals surface area contributed by atoms with Gasteiger partial charge in [-0.05, 0) is 0 Å². The van der Waals surface area contributed by atoms with Gasteiger partial charge in [-0.2, -0.15) is 0 Å². The quantitative estimate of drug-likeness (QED) is 0.254. The van der Waals surface area contributed by atoms with Gasteiger partial charge in [-0.15, -0.1) is 0 Å². The summed E-state index contributed by atoms with van der Waals surface area (Å²) in [5.74, 6) is -2.23. The van der Waals surface area contributed by atoms with Crippen LogP contribution in [0.1, 0.15) is 85.9 Å². The van der Waals surface area contributed by atoms with Crippen molar-refractivity contribution in [3.63, 3.8) is 0 Å². The molecule has 2 heterocycles. The number of nitrogens with zero attached hydrogens (tertiary/aromatic N) is 2. The summed E-state index contributed by atoms with van der Waals surface area (Å²) < 4.78 is -1.40. The molecule has 2 aliphatic heterocycles. The zero-order valence-corrected chi connectivity index (χ0v) is 28.5. The van der Waals surface area contributed by atoms with Crippen molar-refractivity contribution < 1.29 is 29.1 Å². The van der Waals surface area contributed by atoms with Crippen LogP contribution in [0.2, 0.25) is 9.41 Å². The SMILES string of the molecule is CC(C)C[C@H]([As][C@H](CCN1C(=O)c2cc3ccccc3cc2C1=O)C(=O)O)C(=O)NC1CCCCN(C)CCCCCNC1=O. The number of benzene rings is 2. The van der Waals surface area contributed by atoms with E-state index in [1.54, 1.807) is 12.1 Å². The first kappa shape index (κ1) is 34.6. The van der Waals surface area contributed by atoms with Gasteiger partial charge in [0.15, 0.2) is 0 Å². The minimum absolute atomic E-state index is 0.0369. The van der Waals surface area contributed by atoms with Crippen molar-refractivity contribution in [1.29, 1.82) is 0 Å². The molecule has 1 radical (unpaired) electrons. The molecule has 0 saturated carbocycles. The molecule has 2 aliphatic rings. The third-order valence-corrected chi connectivity index (χ3v) is 12.0. The van der Waals surface area contributed by atoms with E-state index in [1.807, 2.05) is 38.1 Å². The van der Waals surface area contributed by atoms with E-state index in [0.29, 0.717) is 30.5 Å². The molecule has 1 saturated heterocycles. The van der Waals surface area contributed by atoms with Crippen molar-refractivity contribution in [2.75, 3.05) is 33.2 Å². The Labute approximate surface area is 272 Å². The van der Waals surface area contributed by atoms with Gasteiger partial charge in [0.2, 0.25) is 0 Å². The predicted molar refractivity (Wildman–Crippen MR) is 174 cm³/mol. The second-order valence-electron chi connectivity index (χ2n) is 12.7. The first-order chi connectivity index (χ1) is 21.5. The number of fused-ring (bicyclic) bond motifs is 2. The molecule has 1 fully saturated rings. The van der Waals surface area contributed by atoms with Crippen LogP contribution >= 0.6 is 0 Å². The number of carboxylic acid groups (broad SMARTS) is 1. The molecule has 45 heavy (non-hydrogen) atoms. The van der Waals surface area contributed by atoms with Crippen LogP contribution in [0.3, 0.4) is 0 Å². The Kier molecular flexibility index (Phi) is 12.6. The molecule has 0 aromatic heterocycles. The fourth-order valence-corrected chi connectivity index (χ4v) is 9.30. The van der Waals surface area contributed by atoms with Crippen molar-refractivity contribution in [3.05, 3.63) is 47.5 Å². The molecule has 4 rings (SSSR count). The van der Waals surface area contributed by atoms with E-state index < -0.39 is 49.0 Å². The Bertz CT molecular complexity index is 1340. The number of carboxylic acids is 1. The molecular weight excluding hydrogens is 635 g/mol. The van der Waals surface area contributed by atoms with E-state index in [1.165, 1.54) is 0 Å². The first-order valence-corrected chi connectivity index (χ1v) is 18.3. The summed E-state index contributed by atoms with van der Waals surface area (Å²) in [7, 11) is 2.11. The maximum absolute atomic E-state index is 13.7. The minimum atomic E-state index is -1.05. The normalized spacial score (nSPS) is 20.4. The standard InChI is InChI=1S/C34H46AsN4O6/c1-22(2)19-28(30(40)37-29-13-7-10-17-38(3)16-9-4-8-15-36-31(29)41)35-27(34(44)45)14-18-39-32(42)25-20-23-11-5-6-12-24(23)21-26(25)33(39)43/h5-6,11-12,20-22,27-29H,4,7-10,13-19H2,1-3H3,(H,36,41)(H,37,40)(H,44,45)/t27-,28+,29?/m1/s1. The van der Waals surface area contributed by atoms with Crippen LogP contribution in [0.15, 0.2) is 36.4 Å². The van der Waals surface area contributed by atoms with Crippen molar-refractivity contribution >= 4 is 56.1 Å². The molecular formula is C34H46AsN4O6. The molecule has 1 unspecified atom stereocenters. The molecule has 0 aliphatic carbocycles. The molecule has 2 aromatic rings. The van der Waals surface area contributed by atoms with E-state index in [2.05, 4.69) is 22.6 Å². The van der Waals surface area contributed by atoms with Gasteiger partial charge in [0.25, 0.3) is 0 Å². The van der Waals surface area contributed by atoms with Crippen molar-refractivity contribution in [2.45, 2.75) is 80.7 Å². The summed E-state index contributed by atoms with van der Waals surface area (Å²) in [4.78, 5) is 69.0. The summed E-state index contributed by atoms with van der Waals surface area (Å²) in [5, 5.41) is 17.8. The summed E-state index contributed by atoms with van der Waals surface area (Å²) in [6.45, 7) is 6.47. The number of nitrogens with one attached hydrogen (secondary N) is 2. The van der Waals surface area contributed by atoms with Gasteiger partial charge in [0.05, 0.1) is 0 Å². The fourth-order valence-electron chi connectivity index (χ4n) is 5.99. The Hall–Kier alpha value is -3.23. The van der Waals surface area contributed by atoms with Gasteiger partial charge in [0.1, 0.15) is 0 Å². The molecule has 0 bridgehead atoms. The first-order valence-electron chi connectivity index (χ1n) is 16.1. The van der Waals surface area contributed by atoms with Crippen LogP contribution in [0.25, 0.3) is 10.8 Å². The summed E-state index contributed by atoms with van der Waals surface area (Å²) in [6, 6.07) is 10.3. The van der Waals surface area contributed by atoms with Gasteiger partial charge in [-0.1, -0.05) is 0 Å². The summed E-state index contributed by atoms with van der Waals surface area (Å²) >= 11 is -1.05. The number of aliphatic carboxylic acids is 1. The van der Waals surface area contributed by atoms with E-state index in [4.69, 9.17) is 0 Å². The summed E-state index contributed by atoms with van der Waals surface area (Å²) in [5.41, 5.74) is 0.655. The predicted octanol–water partition coefficient (Wildman–Crippen LogP) is 4.12. The van der Waals surface area contributed by atoms with Crippen LogP contribution in [0.4, 0.5) is 0 Å². The second kappa shape index (κ2) is 16.4. The summed E-state index contributed by atoms with van der Waals surface area (Å²) in [6.07, 6.45) is 5.79. The zero-order valence-electron chi connectivity index (χ0n) is 26.6. The number of rotatable bonds is 10. The number of hydrogen-bond acceptors (Lipinski definition) is 6. The average molecular weight is 682 g/mol. The second-order valence-corrected chi connectivity index (χ2v) is 15.9. The monoisotopic (exact) mass is 681 g/mol. The van der Waals surface area contributed by atoms with E-state index in [-0.39, 0.29) is 30.7 Å².